The number of imide groups is 1. The van der Waals surface area contributed by atoms with Crippen molar-refractivity contribution in [2.75, 3.05) is 6.61 Å². The number of benzene rings is 2. The maximum absolute atomic E-state index is 12.8. The molecule has 9 heteroatoms. The molecule has 0 saturated carbocycles. The molecular weight excluding hydrogens is 440 g/mol. The predicted molar refractivity (Wildman–Crippen MR) is 121 cm³/mol. The number of aromatic carboxylic acids is 1. The third-order valence-electron chi connectivity index (χ3n) is 4.97. The van der Waals surface area contributed by atoms with Crippen molar-refractivity contribution in [2.24, 2.45) is 0 Å². The molecule has 1 saturated heterocycles. The van der Waals surface area contributed by atoms with Gasteiger partial charge in [0.2, 0.25) is 5.76 Å². The smallest absolute Gasteiger partial charge is 0.371 e. The number of nitrogens with zero attached hydrogens (tertiary/aromatic N) is 1. The largest absolute Gasteiger partial charge is 0.490 e. The van der Waals surface area contributed by atoms with Crippen molar-refractivity contribution in [3.8, 4) is 11.5 Å². The minimum absolute atomic E-state index is 0.0107. The summed E-state index contributed by atoms with van der Waals surface area (Å²) < 4.78 is 16.6. The van der Waals surface area contributed by atoms with Gasteiger partial charge in [0.1, 0.15) is 18.1 Å². The number of urea groups is 1. The zero-order valence-corrected chi connectivity index (χ0v) is 18.3. The van der Waals surface area contributed by atoms with Crippen molar-refractivity contribution in [2.45, 2.75) is 20.1 Å². The summed E-state index contributed by atoms with van der Waals surface area (Å²) in [7, 11) is 0. The molecular formula is C25H22N2O7. The van der Waals surface area contributed by atoms with Gasteiger partial charge < -0.3 is 24.3 Å². The number of hydrogen-bond acceptors (Lipinski definition) is 6. The van der Waals surface area contributed by atoms with E-state index >= 15 is 0 Å². The van der Waals surface area contributed by atoms with E-state index in [1.165, 1.54) is 12.1 Å². The molecule has 1 aromatic heterocycles. The average Bonchev–Trinajstić information content (AvgIpc) is 3.40. The van der Waals surface area contributed by atoms with Crippen molar-refractivity contribution in [3.05, 3.63) is 89.0 Å². The van der Waals surface area contributed by atoms with E-state index in [1.807, 2.05) is 37.3 Å². The first kappa shape index (κ1) is 22.7. The number of hydrogen-bond donors (Lipinski definition) is 2. The van der Waals surface area contributed by atoms with E-state index in [9.17, 15) is 14.4 Å². The van der Waals surface area contributed by atoms with Gasteiger partial charge in [-0.05, 0) is 48.4 Å². The first-order valence-corrected chi connectivity index (χ1v) is 10.5. The van der Waals surface area contributed by atoms with E-state index in [2.05, 4.69) is 5.32 Å². The second-order valence-corrected chi connectivity index (χ2v) is 7.36. The molecule has 3 amide bonds. The van der Waals surface area contributed by atoms with Gasteiger partial charge in [-0.15, -0.1) is 0 Å². The zero-order valence-electron chi connectivity index (χ0n) is 18.3. The van der Waals surface area contributed by atoms with Crippen LogP contribution in [0, 0.1) is 0 Å². The number of carbonyl (C=O) groups excluding carboxylic acids is 2. The van der Waals surface area contributed by atoms with Crippen LogP contribution in [0.4, 0.5) is 4.79 Å². The lowest BCUT2D eigenvalue weighted by atomic mass is 10.1. The third kappa shape index (κ3) is 5.09. The Hall–Kier alpha value is -4.53. The van der Waals surface area contributed by atoms with Crippen LogP contribution in [-0.4, -0.2) is 34.5 Å². The highest BCUT2D eigenvalue weighted by atomic mass is 16.5. The van der Waals surface area contributed by atoms with Crippen LogP contribution in [0.25, 0.3) is 6.08 Å². The Morgan fingerprint density at radius 3 is 2.56 bits per heavy atom. The Labute approximate surface area is 195 Å². The van der Waals surface area contributed by atoms with Crippen LogP contribution >= 0.6 is 0 Å². The van der Waals surface area contributed by atoms with Crippen LogP contribution in [0.5, 0.6) is 11.5 Å². The highest BCUT2D eigenvalue weighted by molar-refractivity contribution is 6.13. The van der Waals surface area contributed by atoms with Gasteiger partial charge in [-0.25, -0.2) is 9.59 Å². The van der Waals surface area contributed by atoms with Crippen LogP contribution in [0.1, 0.15) is 34.4 Å². The van der Waals surface area contributed by atoms with Gasteiger partial charge >= 0.3 is 12.0 Å². The van der Waals surface area contributed by atoms with Gasteiger partial charge in [0.25, 0.3) is 5.91 Å². The molecule has 0 unspecified atom stereocenters. The van der Waals surface area contributed by atoms with Crippen molar-refractivity contribution in [1.29, 1.82) is 0 Å². The van der Waals surface area contributed by atoms with Crippen molar-refractivity contribution in [3.63, 3.8) is 0 Å². The summed E-state index contributed by atoms with van der Waals surface area (Å²) in [5, 5.41) is 11.6. The van der Waals surface area contributed by atoms with Crippen LogP contribution in [0.15, 0.2) is 70.8 Å². The van der Waals surface area contributed by atoms with Crippen LogP contribution in [0.3, 0.4) is 0 Å². The highest BCUT2D eigenvalue weighted by Gasteiger charge is 2.33. The molecule has 0 spiro atoms. The van der Waals surface area contributed by atoms with E-state index in [0.29, 0.717) is 29.4 Å². The fourth-order valence-electron chi connectivity index (χ4n) is 3.37. The minimum atomic E-state index is -1.16. The molecule has 0 atom stereocenters. The molecule has 0 aliphatic carbocycles. The lowest BCUT2D eigenvalue weighted by Crippen LogP contribution is -2.30. The summed E-state index contributed by atoms with van der Waals surface area (Å²) in [5.74, 6) is -0.544. The van der Waals surface area contributed by atoms with E-state index in [4.69, 9.17) is 19.0 Å². The monoisotopic (exact) mass is 462 g/mol. The number of ether oxygens (including phenoxy) is 2. The number of nitrogens with one attached hydrogen (secondary N) is 1. The average molecular weight is 462 g/mol. The maximum atomic E-state index is 12.8. The normalized spacial score (nSPS) is 14.4. The Balaban J connectivity index is 1.49. The fraction of sp³-hybridized carbons (Fsp3) is 0.160. The number of furan rings is 1. The minimum Gasteiger partial charge on any atom is -0.490 e. The molecule has 2 aromatic carbocycles. The van der Waals surface area contributed by atoms with Crippen LogP contribution < -0.4 is 14.8 Å². The molecule has 34 heavy (non-hydrogen) atoms. The molecule has 1 fully saturated rings. The predicted octanol–water partition coefficient (Wildman–Crippen LogP) is 4.05. The number of amides is 3. The van der Waals surface area contributed by atoms with Gasteiger partial charge in [0.05, 0.1) is 13.2 Å². The molecule has 1 aliphatic heterocycles. The second kappa shape index (κ2) is 9.95. The van der Waals surface area contributed by atoms with Gasteiger partial charge in [0.15, 0.2) is 11.5 Å². The number of carboxylic acid groups (broad SMARTS) is 1. The quantitative estimate of drug-likeness (QED) is 0.364. The Morgan fingerprint density at radius 1 is 1.06 bits per heavy atom. The summed E-state index contributed by atoms with van der Waals surface area (Å²) in [5.41, 5.74) is 1.64. The fourth-order valence-corrected chi connectivity index (χ4v) is 3.37. The van der Waals surface area contributed by atoms with E-state index in [1.54, 1.807) is 24.3 Å². The van der Waals surface area contributed by atoms with Crippen LogP contribution in [-0.2, 0) is 17.9 Å². The topological polar surface area (TPSA) is 118 Å². The summed E-state index contributed by atoms with van der Waals surface area (Å²) >= 11 is 0. The van der Waals surface area contributed by atoms with Gasteiger partial charge in [0, 0.05) is 0 Å². The van der Waals surface area contributed by atoms with Crippen molar-refractivity contribution in [1.82, 2.24) is 10.2 Å². The third-order valence-corrected chi connectivity index (χ3v) is 4.97. The number of carbonyl (C=O) groups is 3. The zero-order chi connectivity index (χ0) is 24.1. The molecule has 0 radical (unpaired) electrons. The van der Waals surface area contributed by atoms with E-state index in [0.717, 1.165) is 10.5 Å². The van der Waals surface area contributed by atoms with Crippen molar-refractivity contribution >= 4 is 24.0 Å². The molecule has 2 heterocycles. The first-order valence-electron chi connectivity index (χ1n) is 10.5. The number of carboxylic acids is 1. The molecule has 3 aromatic rings. The molecule has 9 nitrogen and oxygen atoms in total. The van der Waals surface area contributed by atoms with E-state index in [-0.39, 0.29) is 24.6 Å². The summed E-state index contributed by atoms with van der Waals surface area (Å²) in [6, 6.07) is 16.7. The Morgan fingerprint density at radius 2 is 1.85 bits per heavy atom. The molecule has 0 bridgehead atoms. The second-order valence-electron chi connectivity index (χ2n) is 7.36. The first-order chi connectivity index (χ1) is 16.4. The highest BCUT2D eigenvalue weighted by Crippen LogP contribution is 2.30. The van der Waals surface area contributed by atoms with E-state index < -0.39 is 17.9 Å². The van der Waals surface area contributed by atoms with Crippen LogP contribution in [0.2, 0.25) is 0 Å². The Kier molecular flexibility index (Phi) is 6.63. The lowest BCUT2D eigenvalue weighted by Gasteiger charge is -2.12. The summed E-state index contributed by atoms with van der Waals surface area (Å²) in [6.45, 7) is 2.39. The maximum Gasteiger partial charge on any atom is 0.371 e. The van der Waals surface area contributed by atoms with Gasteiger partial charge in [-0.1, -0.05) is 36.4 Å². The summed E-state index contributed by atoms with van der Waals surface area (Å²) in [6.07, 6.45) is 1.57. The lowest BCUT2D eigenvalue weighted by molar-refractivity contribution is -0.123. The Bertz CT molecular complexity index is 1250. The molecule has 174 valence electrons. The molecule has 4 rings (SSSR count). The standard InChI is InChI=1S/C25H22N2O7/c1-2-32-22-13-17(8-10-20(22)33-15-18-9-11-21(34-18)24(29)30)12-19-23(28)27(25(31)26-19)14-16-6-4-3-5-7-16/h3-13H,2,14-15H2,1H3,(H,26,31)(H,29,30). The molecule has 1 aliphatic rings. The molecule has 2 N–H and O–H groups in total. The summed E-state index contributed by atoms with van der Waals surface area (Å²) in [4.78, 5) is 37.2. The van der Waals surface area contributed by atoms with Gasteiger partial charge in [-0.3, -0.25) is 9.69 Å². The van der Waals surface area contributed by atoms with Gasteiger partial charge in [-0.2, -0.15) is 0 Å². The SMILES string of the molecule is CCOc1cc(C=C2NC(=O)N(Cc3ccccc3)C2=O)ccc1OCc1ccc(C(=O)O)o1. The van der Waals surface area contributed by atoms with Crippen molar-refractivity contribution < 1.29 is 33.4 Å². The number of rotatable bonds is 9.